The van der Waals surface area contributed by atoms with Gasteiger partial charge in [-0.25, -0.2) is 8.42 Å². The molecule has 2 aromatic rings. The Bertz CT molecular complexity index is 1050. The number of sulfonamides is 1. The second-order valence-corrected chi connectivity index (χ2v) is 10.2. The number of nitrogens with one attached hydrogen (secondary N) is 1. The van der Waals surface area contributed by atoms with Crippen LogP contribution in [0.2, 0.25) is 0 Å². The van der Waals surface area contributed by atoms with Crippen LogP contribution in [-0.4, -0.2) is 75.1 Å². The summed E-state index contributed by atoms with van der Waals surface area (Å²) in [5.41, 5.74) is 0.801. The molecule has 1 aromatic heterocycles. The van der Waals surface area contributed by atoms with Gasteiger partial charge in [-0.15, -0.1) is 0 Å². The van der Waals surface area contributed by atoms with Crippen LogP contribution in [0.5, 0.6) is 0 Å². The molecule has 0 bridgehead atoms. The summed E-state index contributed by atoms with van der Waals surface area (Å²) < 4.78 is 38.5. The van der Waals surface area contributed by atoms with Gasteiger partial charge >= 0.3 is 0 Å². The lowest BCUT2D eigenvalue weighted by molar-refractivity contribution is 0.0398. The van der Waals surface area contributed by atoms with Crippen LogP contribution in [0.1, 0.15) is 25.5 Å². The van der Waals surface area contributed by atoms with Crippen molar-refractivity contribution in [3.63, 3.8) is 0 Å². The number of ether oxygens (including phenoxy) is 1. The summed E-state index contributed by atoms with van der Waals surface area (Å²) >= 11 is 0. The largest absolute Gasteiger partial charge is 0.419 e. The fourth-order valence-electron chi connectivity index (χ4n) is 3.94. The van der Waals surface area contributed by atoms with Crippen molar-refractivity contribution in [3.8, 4) is 17.5 Å². The standard InChI is InChI=1S/C22H29N5O4S/c1-17-6-9-27(10-7-17)32(28,29)19-4-2-18(3-5-19)21-25-20(16-23)22(31-21)24-8-11-26-12-14-30-15-13-26/h2-5,17,24H,6-15H2,1H3. The third-order valence-corrected chi connectivity index (χ3v) is 7.94. The molecule has 3 heterocycles. The minimum absolute atomic E-state index is 0.182. The summed E-state index contributed by atoms with van der Waals surface area (Å²) in [6.07, 6.45) is 1.76. The first-order valence-corrected chi connectivity index (χ1v) is 12.5. The van der Waals surface area contributed by atoms with Crippen LogP contribution in [0.3, 0.4) is 0 Å². The number of rotatable bonds is 7. The Morgan fingerprint density at radius 1 is 1.16 bits per heavy atom. The maximum atomic E-state index is 12.9. The van der Waals surface area contributed by atoms with Crippen LogP contribution < -0.4 is 5.32 Å². The SMILES string of the molecule is CC1CCN(S(=O)(=O)c2ccc(-c3nc(C#N)c(NCCN4CCOCC4)o3)cc2)CC1. The average molecular weight is 460 g/mol. The molecule has 1 N–H and O–H groups in total. The van der Waals surface area contributed by atoms with Crippen molar-refractivity contribution in [1.82, 2.24) is 14.2 Å². The summed E-state index contributed by atoms with van der Waals surface area (Å²) in [4.78, 5) is 6.81. The lowest BCUT2D eigenvalue weighted by Crippen LogP contribution is -2.39. The number of benzene rings is 1. The number of hydrogen-bond acceptors (Lipinski definition) is 8. The number of hydrogen-bond donors (Lipinski definition) is 1. The Hall–Kier alpha value is -2.45. The van der Waals surface area contributed by atoms with Crippen molar-refractivity contribution in [2.45, 2.75) is 24.7 Å². The molecule has 0 spiro atoms. The van der Waals surface area contributed by atoms with Gasteiger partial charge in [0.15, 0.2) is 0 Å². The van der Waals surface area contributed by atoms with Crippen molar-refractivity contribution in [1.29, 1.82) is 5.26 Å². The first-order chi connectivity index (χ1) is 15.5. The van der Waals surface area contributed by atoms with E-state index in [1.165, 1.54) is 0 Å². The number of piperidine rings is 1. The lowest BCUT2D eigenvalue weighted by atomic mass is 10.0. The molecule has 10 heteroatoms. The molecule has 2 aliphatic heterocycles. The highest BCUT2D eigenvalue weighted by atomic mass is 32.2. The Morgan fingerprint density at radius 2 is 1.84 bits per heavy atom. The van der Waals surface area contributed by atoms with Crippen LogP contribution in [0, 0.1) is 17.2 Å². The molecule has 0 saturated carbocycles. The Kier molecular flexibility index (Phi) is 7.10. The molecule has 1 aromatic carbocycles. The predicted molar refractivity (Wildman–Crippen MR) is 120 cm³/mol. The van der Waals surface area contributed by atoms with Crippen molar-refractivity contribution >= 4 is 15.9 Å². The van der Waals surface area contributed by atoms with E-state index in [9.17, 15) is 13.7 Å². The van der Waals surface area contributed by atoms with E-state index in [-0.39, 0.29) is 16.5 Å². The predicted octanol–water partition coefficient (Wildman–Crippen LogP) is 2.38. The van der Waals surface area contributed by atoms with Gasteiger partial charge in [0, 0.05) is 44.8 Å². The molecule has 0 aliphatic carbocycles. The molecule has 0 unspecified atom stereocenters. The Balaban J connectivity index is 1.43. The van der Waals surface area contributed by atoms with Gasteiger partial charge in [0.1, 0.15) is 6.07 Å². The monoisotopic (exact) mass is 459 g/mol. The molecule has 2 aliphatic rings. The van der Waals surface area contributed by atoms with Crippen LogP contribution in [0.25, 0.3) is 11.5 Å². The lowest BCUT2D eigenvalue weighted by Gasteiger charge is -2.29. The van der Waals surface area contributed by atoms with Crippen LogP contribution in [0.4, 0.5) is 5.88 Å². The van der Waals surface area contributed by atoms with E-state index < -0.39 is 10.0 Å². The van der Waals surface area contributed by atoms with Gasteiger partial charge < -0.3 is 14.5 Å². The van der Waals surface area contributed by atoms with Crippen molar-refractivity contribution in [2.75, 3.05) is 57.8 Å². The van der Waals surface area contributed by atoms with E-state index in [2.05, 4.69) is 28.2 Å². The highest BCUT2D eigenvalue weighted by Gasteiger charge is 2.28. The van der Waals surface area contributed by atoms with E-state index in [1.807, 2.05) is 0 Å². The molecule has 0 amide bonds. The number of aromatic nitrogens is 1. The summed E-state index contributed by atoms with van der Waals surface area (Å²) in [6.45, 7) is 7.93. The minimum atomic E-state index is -3.51. The van der Waals surface area contributed by atoms with Crippen molar-refractivity contribution in [2.24, 2.45) is 5.92 Å². The van der Waals surface area contributed by atoms with E-state index in [1.54, 1.807) is 28.6 Å². The fraction of sp³-hybridized carbons (Fsp3) is 0.545. The van der Waals surface area contributed by atoms with Gasteiger partial charge in [-0.2, -0.15) is 14.6 Å². The number of nitriles is 1. The second-order valence-electron chi connectivity index (χ2n) is 8.30. The van der Waals surface area contributed by atoms with Gasteiger partial charge in [0.05, 0.1) is 18.1 Å². The number of anilines is 1. The molecular weight excluding hydrogens is 430 g/mol. The molecule has 0 atom stereocenters. The molecule has 32 heavy (non-hydrogen) atoms. The molecule has 2 saturated heterocycles. The third kappa shape index (κ3) is 5.13. The van der Waals surface area contributed by atoms with Crippen molar-refractivity contribution in [3.05, 3.63) is 30.0 Å². The minimum Gasteiger partial charge on any atom is -0.419 e. The first-order valence-electron chi connectivity index (χ1n) is 11.0. The van der Waals surface area contributed by atoms with Crippen LogP contribution in [-0.2, 0) is 14.8 Å². The van der Waals surface area contributed by atoms with E-state index in [0.717, 1.165) is 45.7 Å². The third-order valence-electron chi connectivity index (χ3n) is 6.03. The fourth-order valence-corrected chi connectivity index (χ4v) is 5.41. The van der Waals surface area contributed by atoms with Gasteiger partial charge in [0.2, 0.25) is 27.5 Å². The first kappa shape index (κ1) is 22.7. The van der Waals surface area contributed by atoms with Crippen molar-refractivity contribution < 1.29 is 17.6 Å². The molecular formula is C22H29N5O4S. The molecule has 2 fully saturated rings. The van der Waals surface area contributed by atoms with Gasteiger partial charge in [-0.05, 0) is 43.0 Å². The number of nitrogens with zero attached hydrogens (tertiary/aromatic N) is 4. The zero-order valence-electron chi connectivity index (χ0n) is 18.3. The smallest absolute Gasteiger partial charge is 0.243 e. The van der Waals surface area contributed by atoms with Crippen LogP contribution in [0.15, 0.2) is 33.6 Å². The summed E-state index contributed by atoms with van der Waals surface area (Å²) in [7, 11) is -3.51. The Labute approximate surface area is 189 Å². The summed E-state index contributed by atoms with van der Waals surface area (Å²) in [5.74, 6) is 1.17. The topological polar surface area (TPSA) is 112 Å². The summed E-state index contributed by atoms with van der Waals surface area (Å²) in [5, 5.41) is 12.6. The molecule has 9 nitrogen and oxygen atoms in total. The van der Waals surface area contributed by atoms with Gasteiger partial charge in [-0.3, -0.25) is 4.90 Å². The van der Waals surface area contributed by atoms with E-state index in [0.29, 0.717) is 37.0 Å². The maximum absolute atomic E-state index is 12.9. The number of morpholine rings is 1. The van der Waals surface area contributed by atoms with E-state index >= 15 is 0 Å². The highest BCUT2D eigenvalue weighted by molar-refractivity contribution is 7.89. The maximum Gasteiger partial charge on any atom is 0.243 e. The molecule has 4 rings (SSSR count). The number of oxazole rings is 1. The zero-order valence-corrected chi connectivity index (χ0v) is 19.1. The van der Waals surface area contributed by atoms with E-state index in [4.69, 9.17) is 9.15 Å². The zero-order chi connectivity index (χ0) is 22.6. The average Bonchev–Trinajstić information content (AvgIpc) is 3.23. The quantitative estimate of drug-likeness (QED) is 0.672. The van der Waals surface area contributed by atoms with Gasteiger partial charge in [0.25, 0.3) is 0 Å². The second kappa shape index (κ2) is 10.0. The molecule has 0 radical (unpaired) electrons. The summed E-state index contributed by atoms with van der Waals surface area (Å²) in [6, 6.07) is 8.54. The van der Waals surface area contributed by atoms with Gasteiger partial charge in [-0.1, -0.05) is 6.92 Å². The Morgan fingerprint density at radius 3 is 2.50 bits per heavy atom. The molecule has 172 valence electrons. The van der Waals surface area contributed by atoms with Crippen LogP contribution >= 0.6 is 0 Å². The normalized spacial score (nSPS) is 19.0. The highest BCUT2D eigenvalue weighted by Crippen LogP contribution is 2.28.